The summed E-state index contributed by atoms with van der Waals surface area (Å²) in [5, 5.41) is 2.94. The van der Waals surface area contributed by atoms with Crippen molar-refractivity contribution < 1.29 is 28.2 Å². The zero-order valence-electron chi connectivity index (χ0n) is 22.3. The van der Waals surface area contributed by atoms with Gasteiger partial charge in [-0.3, -0.25) is 9.59 Å². The van der Waals surface area contributed by atoms with E-state index < -0.39 is 6.04 Å². The number of carbonyl (C=O) groups is 2. The van der Waals surface area contributed by atoms with E-state index in [1.54, 1.807) is 56.8 Å². The third kappa shape index (κ3) is 6.98. The van der Waals surface area contributed by atoms with E-state index in [1.807, 2.05) is 60.7 Å². The second kappa shape index (κ2) is 13.2. The van der Waals surface area contributed by atoms with Crippen LogP contribution >= 0.6 is 0 Å². The standard InChI is InChI=1S/C31H32N2O6/c1-36-25-14-11-22(12-15-25)21-33(29(34)19-23-13-16-27(37-2)28(18-23)38-3)30(24-8-5-4-6-9-24)31(35)32-20-26-10-7-17-39-26/h4-18,30H,19-21H2,1-3H3,(H,32,35)/t30-/m0/s1. The smallest absolute Gasteiger partial charge is 0.247 e. The first kappa shape index (κ1) is 27.3. The van der Waals surface area contributed by atoms with Crippen molar-refractivity contribution in [3.05, 3.63) is 114 Å². The Labute approximate surface area is 228 Å². The summed E-state index contributed by atoms with van der Waals surface area (Å²) in [7, 11) is 4.71. The van der Waals surface area contributed by atoms with Crippen molar-refractivity contribution in [1.29, 1.82) is 0 Å². The van der Waals surface area contributed by atoms with Gasteiger partial charge in [0.05, 0.1) is 40.6 Å². The van der Waals surface area contributed by atoms with E-state index in [-0.39, 0.29) is 31.3 Å². The van der Waals surface area contributed by atoms with E-state index in [1.165, 1.54) is 0 Å². The SMILES string of the molecule is COc1ccc(CN(C(=O)Cc2ccc(OC)c(OC)c2)[C@H](C(=O)NCc2ccco2)c2ccccc2)cc1. The van der Waals surface area contributed by atoms with Gasteiger partial charge in [0.1, 0.15) is 17.6 Å². The zero-order chi connectivity index (χ0) is 27.6. The molecule has 3 aromatic carbocycles. The molecule has 202 valence electrons. The van der Waals surface area contributed by atoms with Gasteiger partial charge in [0.2, 0.25) is 11.8 Å². The molecular weight excluding hydrogens is 496 g/mol. The summed E-state index contributed by atoms with van der Waals surface area (Å²) in [6, 6.07) is 24.8. The molecule has 0 aliphatic rings. The van der Waals surface area contributed by atoms with E-state index in [9.17, 15) is 9.59 Å². The van der Waals surface area contributed by atoms with Crippen molar-refractivity contribution in [2.24, 2.45) is 0 Å². The average Bonchev–Trinajstić information content (AvgIpc) is 3.50. The third-order valence-electron chi connectivity index (χ3n) is 6.33. The summed E-state index contributed by atoms with van der Waals surface area (Å²) in [5.41, 5.74) is 2.29. The van der Waals surface area contributed by atoms with Crippen molar-refractivity contribution in [2.45, 2.75) is 25.6 Å². The van der Waals surface area contributed by atoms with Gasteiger partial charge in [0, 0.05) is 6.54 Å². The van der Waals surface area contributed by atoms with Gasteiger partial charge in [0.25, 0.3) is 0 Å². The van der Waals surface area contributed by atoms with Gasteiger partial charge < -0.3 is 28.8 Å². The van der Waals surface area contributed by atoms with Crippen LogP contribution in [-0.2, 0) is 29.1 Å². The van der Waals surface area contributed by atoms with Crippen LogP contribution in [0.5, 0.6) is 17.2 Å². The minimum atomic E-state index is -0.879. The molecule has 0 bridgehead atoms. The van der Waals surface area contributed by atoms with E-state index in [0.29, 0.717) is 28.6 Å². The molecule has 1 atom stereocenters. The number of amides is 2. The van der Waals surface area contributed by atoms with E-state index >= 15 is 0 Å². The summed E-state index contributed by atoms with van der Waals surface area (Å²) in [6.45, 7) is 0.416. The van der Waals surface area contributed by atoms with Crippen LogP contribution in [0.15, 0.2) is 95.6 Å². The van der Waals surface area contributed by atoms with E-state index in [2.05, 4.69) is 5.32 Å². The Bertz CT molecular complexity index is 1350. The Balaban J connectivity index is 1.68. The molecule has 1 heterocycles. The lowest BCUT2D eigenvalue weighted by Gasteiger charge is -2.32. The largest absolute Gasteiger partial charge is 0.497 e. The molecule has 2 amide bonds. The van der Waals surface area contributed by atoms with Gasteiger partial charge in [-0.1, -0.05) is 48.5 Å². The van der Waals surface area contributed by atoms with Crippen LogP contribution < -0.4 is 19.5 Å². The molecule has 8 heteroatoms. The normalized spacial score (nSPS) is 11.4. The van der Waals surface area contributed by atoms with Gasteiger partial charge in [-0.15, -0.1) is 0 Å². The molecule has 0 saturated carbocycles. The maximum absolute atomic E-state index is 14.0. The van der Waals surface area contributed by atoms with Crippen molar-refractivity contribution in [3.8, 4) is 17.2 Å². The number of furan rings is 1. The van der Waals surface area contributed by atoms with Crippen molar-refractivity contribution in [1.82, 2.24) is 10.2 Å². The molecule has 0 spiro atoms. The number of rotatable bonds is 12. The molecule has 0 unspecified atom stereocenters. The van der Waals surface area contributed by atoms with Crippen LogP contribution in [0.25, 0.3) is 0 Å². The van der Waals surface area contributed by atoms with Gasteiger partial charge in [-0.05, 0) is 53.1 Å². The summed E-state index contributed by atoms with van der Waals surface area (Å²) < 4.78 is 21.4. The van der Waals surface area contributed by atoms with Crippen molar-refractivity contribution in [3.63, 3.8) is 0 Å². The zero-order valence-corrected chi connectivity index (χ0v) is 22.3. The number of hydrogen-bond acceptors (Lipinski definition) is 6. The molecule has 0 saturated heterocycles. The molecule has 4 aromatic rings. The van der Waals surface area contributed by atoms with Crippen LogP contribution in [0, 0.1) is 0 Å². The maximum Gasteiger partial charge on any atom is 0.247 e. The van der Waals surface area contributed by atoms with E-state index in [0.717, 1.165) is 11.1 Å². The monoisotopic (exact) mass is 528 g/mol. The number of nitrogens with one attached hydrogen (secondary N) is 1. The highest BCUT2D eigenvalue weighted by Crippen LogP contribution is 2.30. The highest BCUT2D eigenvalue weighted by Gasteiger charge is 2.31. The van der Waals surface area contributed by atoms with Crippen molar-refractivity contribution >= 4 is 11.8 Å². The van der Waals surface area contributed by atoms with Crippen LogP contribution in [0.4, 0.5) is 0 Å². The topological polar surface area (TPSA) is 90.2 Å². The van der Waals surface area contributed by atoms with Crippen LogP contribution in [0.2, 0.25) is 0 Å². The Morgan fingerprint density at radius 3 is 2.18 bits per heavy atom. The first-order valence-corrected chi connectivity index (χ1v) is 12.5. The fourth-order valence-corrected chi connectivity index (χ4v) is 4.31. The van der Waals surface area contributed by atoms with Gasteiger partial charge in [-0.25, -0.2) is 0 Å². The van der Waals surface area contributed by atoms with Crippen molar-refractivity contribution in [2.75, 3.05) is 21.3 Å². The summed E-state index contributed by atoms with van der Waals surface area (Å²) in [5.74, 6) is 1.89. The molecule has 0 aliphatic carbocycles. The number of carbonyl (C=O) groups excluding carboxylic acids is 2. The molecule has 4 rings (SSSR count). The predicted molar refractivity (Wildman–Crippen MR) is 147 cm³/mol. The van der Waals surface area contributed by atoms with Gasteiger partial charge in [-0.2, -0.15) is 0 Å². The van der Waals surface area contributed by atoms with Gasteiger partial charge in [0.15, 0.2) is 11.5 Å². The highest BCUT2D eigenvalue weighted by atomic mass is 16.5. The Hall–Kier alpha value is -4.72. The number of nitrogens with zero attached hydrogens (tertiary/aromatic N) is 1. The maximum atomic E-state index is 14.0. The molecular formula is C31H32N2O6. The molecule has 39 heavy (non-hydrogen) atoms. The predicted octanol–water partition coefficient (Wildman–Crippen LogP) is 4.93. The third-order valence-corrected chi connectivity index (χ3v) is 6.33. The molecule has 1 aromatic heterocycles. The molecule has 1 N–H and O–H groups in total. The van der Waals surface area contributed by atoms with Crippen LogP contribution in [-0.4, -0.2) is 38.0 Å². The number of ether oxygens (including phenoxy) is 3. The van der Waals surface area contributed by atoms with Gasteiger partial charge >= 0.3 is 0 Å². The fraction of sp³-hybridized carbons (Fsp3) is 0.226. The first-order chi connectivity index (χ1) is 19.0. The first-order valence-electron chi connectivity index (χ1n) is 12.5. The fourth-order valence-electron chi connectivity index (χ4n) is 4.31. The van der Waals surface area contributed by atoms with E-state index in [4.69, 9.17) is 18.6 Å². The highest BCUT2D eigenvalue weighted by molar-refractivity contribution is 5.89. The molecule has 0 aliphatic heterocycles. The van der Waals surface area contributed by atoms with Crippen LogP contribution in [0.3, 0.4) is 0 Å². The molecule has 8 nitrogen and oxygen atoms in total. The summed E-state index contributed by atoms with van der Waals surface area (Å²) in [6.07, 6.45) is 1.62. The number of methoxy groups -OCH3 is 3. The summed E-state index contributed by atoms with van der Waals surface area (Å²) in [4.78, 5) is 29.3. The minimum Gasteiger partial charge on any atom is -0.497 e. The number of hydrogen-bond donors (Lipinski definition) is 1. The lowest BCUT2D eigenvalue weighted by atomic mass is 10.0. The lowest BCUT2D eigenvalue weighted by Crippen LogP contribution is -2.43. The molecule has 0 radical (unpaired) electrons. The second-order valence-corrected chi connectivity index (χ2v) is 8.85. The average molecular weight is 529 g/mol. The Morgan fingerprint density at radius 2 is 1.54 bits per heavy atom. The molecule has 0 fully saturated rings. The van der Waals surface area contributed by atoms with Crippen LogP contribution in [0.1, 0.15) is 28.5 Å². The minimum absolute atomic E-state index is 0.0608. The Morgan fingerprint density at radius 1 is 0.821 bits per heavy atom. The second-order valence-electron chi connectivity index (χ2n) is 8.85. The Kier molecular flexibility index (Phi) is 9.24. The lowest BCUT2D eigenvalue weighted by molar-refractivity contribution is -0.141. The quantitative estimate of drug-likeness (QED) is 0.280. The number of benzene rings is 3. The summed E-state index contributed by atoms with van der Waals surface area (Å²) >= 11 is 0.